The van der Waals surface area contributed by atoms with Gasteiger partial charge in [0.1, 0.15) is 22.7 Å². The number of aromatic hydroxyl groups is 1. The first-order chi connectivity index (χ1) is 12.6. The lowest BCUT2D eigenvalue weighted by molar-refractivity contribution is 0.269. The van der Waals surface area contributed by atoms with Gasteiger partial charge < -0.3 is 21.3 Å². The second kappa shape index (κ2) is 7.57. The number of hydrogen-bond acceptors (Lipinski definition) is 9. The first kappa shape index (κ1) is 17.3. The van der Waals surface area contributed by atoms with Crippen LogP contribution in [0.2, 0.25) is 0 Å². The Balaban J connectivity index is 1.86. The van der Waals surface area contributed by atoms with Crippen molar-refractivity contribution >= 4 is 22.5 Å². The molecule has 134 valence electrons. The van der Waals surface area contributed by atoms with Gasteiger partial charge in [0.25, 0.3) is 0 Å². The lowest BCUT2D eigenvalue weighted by Gasteiger charge is -2.08. The Morgan fingerprint density at radius 3 is 2.96 bits per heavy atom. The van der Waals surface area contributed by atoms with Crippen LogP contribution in [0.4, 0.5) is 5.95 Å². The van der Waals surface area contributed by atoms with Crippen LogP contribution in [0.15, 0.2) is 41.8 Å². The fraction of sp³-hybridized carbons (Fsp3) is 0.188. The molecule has 0 atom stereocenters. The zero-order valence-electron chi connectivity index (χ0n) is 13.8. The molecule has 0 spiro atoms. The van der Waals surface area contributed by atoms with Crippen LogP contribution in [0, 0.1) is 5.53 Å². The monoisotopic (exact) mass is 354 g/mol. The number of nitrogens with one attached hydrogen (secondary N) is 2. The van der Waals surface area contributed by atoms with Crippen LogP contribution in [0.25, 0.3) is 16.6 Å². The molecule has 1 aromatic carbocycles. The van der Waals surface area contributed by atoms with Gasteiger partial charge in [0.05, 0.1) is 25.4 Å². The zero-order valence-corrected chi connectivity index (χ0v) is 13.8. The third-order valence-electron chi connectivity index (χ3n) is 3.63. The Labute approximate surface area is 148 Å². The van der Waals surface area contributed by atoms with Crippen LogP contribution in [0.3, 0.4) is 0 Å². The topological polar surface area (TPSA) is 158 Å². The maximum Gasteiger partial charge on any atom is 0.221 e. The Bertz CT molecular complexity index is 966. The molecule has 10 nitrogen and oxygen atoms in total. The van der Waals surface area contributed by atoms with Gasteiger partial charge in [-0.1, -0.05) is 12.1 Å². The molecule has 26 heavy (non-hydrogen) atoms. The van der Waals surface area contributed by atoms with Gasteiger partial charge in [0.2, 0.25) is 5.95 Å². The number of nitrogens with zero attached hydrogens (tertiary/aromatic N) is 5. The van der Waals surface area contributed by atoms with E-state index in [1.165, 1.54) is 12.3 Å². The second-order valence-corrected chi connectivity index (χ2v) is 5.42. The fourth-order valence-electron chi connectivity index (χ4n) is 2.48. The van der Waals surface area contributed by atoms with Crippen molar-refractivity contribution < 1.29 is 10.2 Å². The van der Waals surface area contributed by atoms with Crippen molar-refractivity contribution in [2.45, 2.75) is 13.1 Å². The van der Waals surface area contributed by atoms with Crippen molar-refractivity contribution in [3.05, 3.63) is 48.1 Å². The number of nitrogens with two attached hydrogens (primary N) is 1. The highest BCUT2D eigenvalue weighted by molar-refractivity contribution is 5.93. The minimum absolute atomic E-state index is 0.0192. The molecule has 0 radical (unpaired) electrons. The van der Waals surface area contributed by atoms with E-state index < -0.39 is 0 Å². The lowest BCUT2D eigenvalue weighted by Crippen LogP contribution is -2.09. The van der Waals surface area contributed by atoms with Crippen LogP contribution in [-0.4, -0.2) is 36.6 Å². The Morgan fingerprint density at radius 1 is 1.35 bits per heavy atom. The second-order valence-electron chi connectivity index (χ2n) is 5.42. The summed E-state index contributed by atoms with van der Waals surface area (Å²) in [7, 11) is 0. The predicted molar refractivity (Wildman–Crippen MR) is 94.9 cm³/mol. The minimum Gasteiger partial charge on any atom is -0.506 e. The molecule has 3 rings (SSSR count). The zero-order chi connectivity index (χ0) is 18.5. The van der Waals surface area contributed by atoms with Crippen LogP contribution < -0.4 is 11.1 Å². The average Bonchev–Trinajstić information content (AvgIpc) is 3.07. The van der Waals surface area contributed by atoms with Crippen molar-refractivity contribution in [3.8, 4) is 5.75 Å². The number of para-hydroxylation sites is 1. The molecule has 10 heteroatoms. The third-order valence-corrected chi connectivity index (χ3v) is 3.63. The normalized spacial score (nSPS) is 11.7. The van der Waals surface area contributed by atoms with E-state index in [1.54, 1.807) is 23.0 Å². The molecule has 0 aliphatic heterocycles. The summed E-state index contributed by atoms with van der Waals surface area (Å²) < 4.78 is 1.64. The minimum atomic E-state index is -0.0236. The van der Waals surface area contributed by atoms with Gasteiger partial charge in [0.15, 0.2) is 0 Å². The molecule has 0 saturated heterocycles. The molecule has 0 aliphatic rings. The van der Waals surface area contributed by atoms with Gasteiger partial charge in [-0.25, -0.2) is 15.5 Å². The summed E-state index contributed by atoms with van der Waals surface area (Å²) in [6, 6.07) is 6.70. The molecular weight excluding hydrogens is 336 g/mol. The average molecular weight is 354 g/mol. The largest absolute Gasteiger partial charge is 0.506 e. The molecule has 0 aliphatic carbocycles. The maximum absolute atomic E-state index is 9.96. The summed E-state index contributed by atoms with van der Waals surface area (Å²) in [5.41, 5.74) is 14.8. The molecule has 6 N–H and O–H groups in total. The third kappa shape index (κ3) is 3.59. The van der Waals surface area contributed by atoms with Crippen LogP contribution in [0.1, 0.15) is 11.4 Å². The number of fused-ring (bicyclic) bond motifs is 1. The van der Waals surface area contributed by atoms with E-state index in [2.05, 4.69) is 25.5 Å². The van der Waals surface area contributed by atoms with Crippen LogP contribution in [0.5, 0.6) is 5.75 Å². The number of benzene rings is 1. The van der Waals surface area contributed by atoms with Crippen molar-refractivity contribution in [2.24, 2.45) is 5.11 Å². The van der Waals surface area contributed by atoms with Crippen LogP contribution in [-0.2, 0) is 13.1 Å². The summed E-state index contributed by atoms with van der Waals surface area (Å²) in [6.45, 7) is 0.853. The Hall–Kier alpha value is -3.53. The number of anilines is 1. The number of rotatable bonds is 7. The molecule has 0 amide bonds. The first-order valence-electron chi connectivity index (χ1n) is 7.82. The van der Waals surface area contributed by atoms with E-state index in [0.29, 0.717) is 29.7 Å². The molecule has 3 aromatic rings. The highest BCUT2D eigenvalue weighted by Gasteiger charge is 2.13. The van der Waals surface area contributed by atoms with Gasteiger partial charge in [-0.15, -0.1) is 0 Å². The SMILES string of the molecule is N=N/C(=C\NCc1ccn(CCO)n1)c1nc(N)nc2c(O)cccc12. The number of hydrogen-bond donors (Lipinski definition) is 5. The van der Waals surface area contributed by atoms with E-state index in [1.807, 2.05) is 6.07 Å². The molecule has 0 unspecified atom stereocenters. The first-order valence-corrected chi connectivity index (χ1v) is 7.82. The van der Waals surface area contributed by atoms with E-state index in [0.717, 1.165) is 5.69 Å². The smallest absolute Gasteiger partial charge is 0.221 e. The van der Waals surface area contributed by atoms with Gasteiger partial charge in [-0.05, 0) is 12.1 Å². The molecule has 2 aromatic heterocycles. The van der Waals surface area contributed by atoms with Gasteiger partial charge in [-0.3, -0.25) is 4.68 Å². The van der Waals surface area contributed by atoms with E-state index in [4.69, 9.17) is 16.4 Å². The molecule has 0 saturated carbocycles. The van der Waals surface area contributed by atoms with Gasteiger partial charge >= 0.3 is 0 Å². The summed E-state index contributed by atoms with van der Waals surface area (Å²) in [4.78, 5) is 8.19. The van der Waals surface area contributed by atoms with Crippen molar-refractivity contribution in [1.29, 1.82) is 5.53 Å². The van der Waals surface area contributed by atoms with E-state index in [-0.39, 0.29) is 24.0 Å². The Kier molecular flexibility index (Phi) is 5.04. The number of aromatic nitrogens is 4. The van der Waals surface area contributed by atoms with Crippen molar-refractivity contribution in [2.75, 3.05) is 12.3 Å². The summed E-state index contributed by atoms with van der Waals surface area (Å²) in [5, 5.41) is 30.2. The molecule has 2 heterocycles. The summed E-state index contributed by atoms with van der Waals surface area (Å²) >= 11 is 0. The lowest BCUT2D eigenvalue weighted by atomic mass is 10.1. The molecular formula is C16H18N8O2. The highest BCUT2D eigenvalue weighted by Crippen LogP contribution is 2.29. The summed E-state index contributed by atoms with van der Waals surface area (Å²) in [6.07, 6.45) is 3.30. The number of nitrogen functional groups attached to an aromatic ring is 1. The van der Waals surface area contributed by atoms with E-state index >= 15 is 0 Å². The Morgan fingerprint density at radius 2 is 2.19 bits per heavy atom. The van der Waals surface area contributed by atoms with Gasteiger partial charge in [-0.2, -0.15) is 10.2 Å². The van der Waals surface area contributed by atoms with E-state index in [9.17, 15) is 5.11 Å². The predicted octanol–water partition coefficient (Wildman–Crippen LogP) is 1.23. The standard InChI is InChI=1S/C16H18N8O2/c17-16-20-14(11-2-1-3-13(26)15(11)21-16)12(22-18)9-19-8-10-4-5-24(23-10)6-7-25/h1-5,9,18-19,25-26H,6-8H2,(H2,17,20,21)/b12-9-,22-18?. The number of phenolic OH excluding ortho intramolecular Hbond substituents is 1. The summed E-state index contributed by atoms with van der Waals surface area (Å²) in [5.74, 6) is -0.0455. The quantitative estimate of drug-likeness (QED) is 0.399. The number of phenols is 1. The van der Waals surface area contributed by atoms with Gasteiger partial charge in [0, 0.05) is 17.8 Å². The molecule has 0 fully saturated rings. The molecule has 0 bridgehead atoms. The number of aliphatic hydroxyl groups excluding tert-OH is 1. The van der Waals surface area contributed by atoms with Crippen molar-refractivity contribution in [3.63, 3.8) is 0 Å². The van der Waals surface area contributed by atoms with Crippen LogP contribution >= 0.6 is 0 Å². The number of aliphatic hydroxyl groups is 1. The van der Waals surface area contributed by atoms with Crippen molar-refractivity contribution in [1.82, 2.24) is 25.1 Å². The maximum atomic E-state index is 9.96. The highest BCUT2D eigenvalue weighted by atomic mass is 16.3. The fourth-order valence-corrected chi connectivity index (χ4v) is 2.48.